The third kappa shape index (κ3) is 2.91. The average molecular weight is 388 g/mol. The fraction of sp³-hybridized carbons (Fsp3) is 0.333. The summed E-state index contributed by atoms with van der Waals surface area (Å²) in [6, 6.07) is 12.0. The molecular formula is C18H18BrN3O2. The molecule has 0 N–H and O–H groups in total. The molecule has 0 saturated carbocycles. The number of anilines is 2. The van der Waals surface area contributed by atoms with E-state index in [9.17, 15) is 4.79 Å². The molecule has 0 radical (unpaired) electrons. The Labute approximate surface area is 149 Å². The average Bonchev–Trinajstić information content (AvgIpc) is 3.06. The van der Waals surface area contributed by atoms with Crippen LogP contribution in [-0.4, -0.2) is 43.2 Å². The summed E-state index contributed by atoms with van der Waals surface area (Å²) >= 11 is 3.40. The summed E-state index contributed by atoms with van der Waals surface area (Å²) in [7, 11) is 0. The maximum absolute atomic E-state index is 12.9. The largest absolute Gasteiger partial charge is 0.365 e. The van der Waals surface area contributed by atoms with E-state index in [1.54, 1.807) is 6.20 Å². The van der Waals surface area contributed by atoms with Crippen molar-refractivity contribution in [3.05, 3.63) is 52.6 Å². The molecule has 2 aliphatic heterocycles. The number of morpholine rings is 1. The number of carbonyl (C=O) groups excluding carboxylic acids is 1. The Hall–Kier alpha value is -1.92. The van der Waals surface area contributed by atoms with Crippen LogP contribution in [0, 0.1) is 0 Å². The normalized spacial score (nSPS) is 20.1. The summed E-state index contributed by atoms with van der Waals surface area (Å²) in [6.45, 7) is 2.54. The minimum atomic E-state index is -0.449. The first kappa shape index (κ1) is 15.6. The second-order valence-corrected chi connectivity index (χ2v) is 6.92. The molecule has 1 saturated heterocycles. The second-order valence-electron chi connectivity index (χ2n) is 6.01. The summed E-state index contributed by atoms with van der Waals surface area (Å²) in [6.07, 6.45) is 2.24. The monoisotopic (exact) mass is 387 g/mol. The molecule has 3 heterocycles. The van der Waals surface area contributed by atoms with E-state index in [2.05, 4.69) is 31.9 Å². The fourth-order valence-electron chi connectivity index (χ4n) is 3.30. The highest BCUT2D eigenvalue weighted by Crippen LogP contribution is 2.29. The number of nitrogens with zero attached hydrogens (tertiary/aromatic N) is 3. The molecule has 0 aliphatic carbocycles. The van der Waals surface area contributed by atoms with Crippen molar-refractivity contribution in [2.45, 2.75) is 12.5 Å². The van der Waals surface area contributed by atoms with Crippen LogP contribution in [0.5, 0.6) is 0 Å². The van der Waals surface area contributed by atoms with Crippen LogP contribution in [0.4, 0.5) is 11.5 Å². The van der Waals surface area contributed by atoms with Gasteiger partial charge in [0.1, 0.15) is 5.82 Å². The summed E-state index contributed by atoms with van der Waals surface area (Å²) < 4.78 is 6.72. The van der Waals surface area contributed by atoms with Crippen LogP contribution in [0.15, 0.2) is 47.1 Å². The summed E-state index contributed by atoms with van der Waals surface area (Å²) in [5, 5.41) is 0. The number of aromatic nitrogens is 1. The number of rotatable bonds is 2. The van der Waals surface area contributed by atoms with Crippen molar-refractivity contribution in [1.29, 1.82) is 0 Å². The van der Waals surface area contributed by atoms with Crippen molar-refractivity contribution in [3.8, 4) is 0 Å². The lowest BCUT2D eigenvalue weighted by atomic mass is 10.2. The Balaban J connectivity index is 1.50. The van der Waals surface area contributed by atoms with Gasteiger partial charge < -0.3 is 14.5 Å². The summed E-state index contributed by atoms with van der Waals surface area (Å²) in [5.41, 5.74) is 2.25. The van der Waals surface area contributed by atoms with E-state index in [1.165, 1.54) is 5.56 Å². The van der Waals surface area contributed by atoms with Crippen molar-refractivity contribution in [2.75, 3.05) is 36.0 Å². The predicted molar refractivity (Wildman–Crippen MR) is 96.4 cm³/mol. The summed E-state index contributed by atoms with van der Waals surface area (Å²) in [4.78, 5) is 21.3. The lowest BCUT2D eigenvalue weighted by Crippen LogP contribution is -2.51. The number of hydrogen-bond donors (Lipinski definition) is 0. The van der Waals surface area contributed by atoms with E-state index in [1.807, 2.05) is 35.2 Å². The number of halogens is 1. The first-order valence-corrected chi connectivity index (χ1v) is 8.89. The first-order valence-electron chi connectivity index (χ1n) is 8.10. The standard InChI is InChI=1S/C18H18BrN3O2/c19-14-5-6-17(20-11-14)21-9-10-24-16(12-21)18(23)22-8-7-13-3-1-2-4-15(13)22/h1-6,11,16H,7-10,12H2. The Kier molecular flexibility index (Phi) is 4.24. The molecule has 0 spiro atoms. The zero-order valence-corrected chi connectivity index (χ0v) is 14.8. The number of ether oxygens (including phenoxy) is 1. The van der Waals surface area contributed by atoms with Crippen LogP contribution in [0.25, 0.3) is 0 Å². The molecule has 6 heteroatoms. The van der Waals surface area contributed by atoms with Gasteiger partial charge in [0, 0.05) is 29.4 Å². The molecular weight excluding hydrogens is 370 g/mol. The minimum Gasteiger partial charge on any atom is -0.365 e. The van der Waals surface area contributed by atoms with Crippen molar-refractivity contribution in [3.63, 3.8) is 0 Å². The smallest absolute Gasteiger partial charge is 0.257 e. The Bertz CT molecular complexity index is 750. The van der Waals surface area contributed by atoms with Gasteiger partial charge in [-0.25, -0.2) is 4.98 Å². The lowest BCUT2D eigenvalue weighted by molar-refractivity contribution is -0.130. The number of fused-ring (bicyclic) bond motifs is 1. The van der Waals surface area contributed by atoms with Crippen LogP contribution >= 0.6 is 15.9 Å². The van der Waals surface area contributed by atoms with Crippen LogP contribution < -0.4 is 9.80 Å². The van der Waals surface area contributed by atoms with Crippen LogP contribution in [0.3, 0.4) is 0 Å². The van der Waals surface area contributed by atoms with Gasteiger partial charge in [0.25, 0.3) is 5.91 Å². The topological polar surface area (TPSA) is 45.7 Å². The van der Waals surface area contributed by atoms with E-state index < -0.39 is 6.10 Å². The number of amides is 1. The molecule has 1 atom stereocenters. The molecule has 4 rings (SSSR count). The molecule has 124 valence electrons. The highest BCUT2D eigenvalue weighted by molar-refractivity contribution is 9.10. The van der Waals surface area contributed by atoms with Crippen LogP contribution in [-0.2, 0) is 16.0 Å². The van der Waals surface area contributed by atoms with Crippen molar-refractivity contribution in [1.82, 2.24) is 4.98 Å². The van der Waals surface area contributed by atoms with Gasteiger partial charge in [-0.1, -0.05) is 18.2 Å². The lowest BCUT2D eigenvalue weighted by Gasteiger charge is -2.34. The number of para-hydroxylation sites is 1. The molecule has 1 fully saturated rings. The molecule has 1 amide bonds. The molecule has 0 bridgehead atoms. The van der Waals surface area contributed by atoms with Crippen molar-refractivity contribution in [2.24, 2.45) is 0 Å². The fourth-order valence-corrected chi connectivity index (χ4v) is 3.54. The Morgan fingerprint density at radius 3 is 2.92 bits per heavy atom. The Morgan fingerprint density at radius 2 is 2.08 bits per heavy atom. The number of hydrogen-bond acceptors (Lipinski definition) is 4. The predicted octanol–water partition coefficient (Wildman–Crippen LogP) is 2.64. The number of carbonyl (C=O) groups is 1. The molecule has 5 nitrogen and oxygen atoms in total. The highest BCUT2D eigenvalue weighted by Gasteiger charge is 2.34. The van der Waals surface area contributed by atoms with Gasteiger partial charge in [-0.15, -0.1) is 0 Å². The highest BCUT2D eigenvalue weighted by atomic mass is 79.9. The molecule has 1 unspecified atom stereocenters. The van der Waals surface area contributed by atoms with Gasteiger partial charge in [-0.2, -0.15) is 0 Å². The third-order valence-electron chi connectivity index (χ3n) is 4.53. The molecule has 24 heavy (non-hydrogen) atoms. The minimum absolute atomic E-state index is 0.0433. The van der Waals surface area contributed by atoms with Gasteiger partial charge in [-0.05, 0) is 46.1 Å². The van der Waals surface area contributed by atoms with E-state index in [4.69, 9.17) is 4.74 Å². The van der Waals surface area contributed by atoms with E-state index in [-0.39, 0.29) is 5.91 Å². The SMILES string of the molecule is O=C(C1CN(c2ccc(Br)cn2)CCO1)N1CCc2ccccc21. The summed E-state index contributed by atoms with van der Waals surface area (Å²) in [5.74, 6) is 0.919. The van der Waals surface area contributed by atoms with Gasteiger partial charge in [0.15, 0.2) is 6.10 Å². The molecule has 2 aromatic rings. The quantitative estimate of drug-likeness (QED) is 0.794. The van der Waals surface area contributed by atoms with Crippen molar-refractivity contribution < 1.29 is 9.53 Å². The molecule has 1 aromatic carbocycles. The zero-order chi connectivity index (χ0) is 16.5. The molecule has 1 aromatic heterocycles. The maximum atomic E-state index is 12.9. The molecule has 2 aliphatic rings. The van der Waals surface area contributed by atoms with Crippen LogP contribution in [0.2, 0.25) is 0 Å². The maximum Gasteiger partial charge on any atom is 0.257 e. The first-order chi connectivity index (χ1) is 11.7. The second kappa shape index (κ2) is 6.53. The van der Waals surface area contributed by atoms with Gasteiger partial charge in [0.2, 0.25) is 0 Å². The Morgan fingerprint density at radius 1 is 1.21 bits per heavy atom. The van der Waals surface area contributed by atoms with Gasteiger partial charge in [0.05, 0.1) is 13.2 Å². The third-order valence-corrected chi connectivity index (χ3v) is 5.00. The van der Waals surface area contributed by atoms with Crippen LogP contribution in [0.1, 0.15) is 5.56 Å². The van der Waals surface area contributed by atoms with Gasteiger partial charge >= 0.3 is 0 Å². The van der Waals surface area contributed by atoms with E-state index in [0.717, 1.165) is 35.5 Å². The van der Waals surface area contributed by atoms with E-state index in [0.29, 0.717) is 13.2 Å². The van der Waals surface area contributed by atoms with E-state index >= 15 is 0 Å². The zero-order valence-electron chi connectivity index (χ0n) is 13.2. The van der Waals surface area contributed by atoms with Crippen molar-refractivity contribution >= 4 is 33.3 Å². The van der Waals surface area contributed by atoms with Gasteiger partial charge in [-0.3, -0.25) is 4.79 Å². The number of pyridine rings is 1. The number of benzene rings is 1.